The summed E-state index contributed by atoms with van der Waals surface area (Å²) in [4.78, 5) is 0. The van der Waals surface area contributed by atoms with Gasteiger partial charge >= 0.3 is 27.7 Å². The van der Waals surface area contributed by atoms with Crippen LogP contribution in [-0.2, 0) is 18.2 Å². The number of methoxy groups -OCH3 is 2. The molecule has 0 atom stereocenters. The predicted octanol–water partition coefficient (Wildman–Crippen LogP) is 6.49. The number of hydrogen-bond donors (Lipinski definition) is 0. The van der Waals surface area contributed by atoms with Crippen molar-refractivity contribution in [3.05, 3.63) is 24.9 Å². The Hall–Kier alpha value is 0.202. The number of hydrogen-bond acceptors (Lipinski definition) is 2. The molecule has 26 heavy (non-hydrogen) atoms. The third kappa shape index (κ3) is 4.97. The third-order valence-corrected chi connectivity index (χ3v) is 11.2. The molecular weight excluding hydrogens is 457 g/mol. The summed E-state index contributed by atoms with van der Waals surface area (Å²) in [6.07, 6.45) is 13.8. The number of halogens is 1. The topological polar surface area (TPSA) is 18.5 Å². The van der Waals surface area contributed by atoms with E-state index in [0.29, 0.717) is 0 Å². The van der Waals surface area contributed by atoms with Gasteiger partial charge in [-0.1, -0.05) is 20.1 Å². The van der Waals surface area contributed by atoms with Crippen LogP contribution in [0.5, 0.6) is 11.5 Å². The van der Waals surface area contributed by atoms with Gasteiger partial charge in [-0.15, -0.1) is 0 Å². The van der Waals surface area contributed by atoms with Gasteiger partial charge in [-0.05, 0) is 63.5 Å². The summed E-state index contributed by atoms with van der Waals surface area (Å²) in [7, 11) is 6.52. The zero-order valence-corrected chi connectivity index (χ0v) is 19.3. The van der Waals surface area contributed by atoms with Gasteiger partial charge in [-0.2, -0.15) is 6.66 Å². The minimum atomic E-state index is -1.49. The molecule has 2 fully saturated rings. The van der Waals surface area contributed by atoms with Gasteiger partial charge in [0, 0.05) is 17.4 Å². The van der Waals surface area contributed by atoms with Crippen molar-refractivity contribution >= 4 is 22.1 Å². The summed E-state index contributed by atoms with van der Waals surface area (Å²) in [5.74, 6) is 1.89. The van der Waals surface area contributed by atoms with Crippen LogP contribution in [0.15, 0.2) is 18.2 Å². The van der Waals surface area contributed by atoms with Crippen LogP contribution in [0.25, 0.3) is 0 Å². The van der Waals surface area contributed by atoms with Gasteiger partial charge in [0.2, 0.25) is 0 Å². The quantitative estimate of drug-likeness (QED) is 0.267. The molecule has 5 heteroatoms. The van der Waals surface area contributed by atoms with Gasteiger partial charge < -0.3 is 9.47 Å². The number of rotatable bonds is 5. The fraction of sp³-hybridized carbons (Fsp3) is 0.667. The van der Waals surface area contributed by atoms with Gasteiger partial charge in [0.1, 0.15) is 11.1 Å². The van der Waals surface area contributed by atoms with Crippen LogP contribution in [0.3, 0.4) is 0 Å². The Morgan fingerprint density at radius 3 is 1.81 bits per heavy atom. The van der Waals surface area contributed by atoms with E-state index in [1.807, 2.05) is 0 Å². The summed E-state index contributed by atoms with van der Waals surface area (Å²) in [6, 6.07) is 6.46. The first kappa shape index (κ1) is 22.5. The van der Waals surface area contributed by atoms with Crippen molar-refractivity contribution in [3.8, 4) is 11.5 Å². The Bertz CT molecular complexity index is 525. The molecule has 0 amide bonds. The van der Waals surface area contributed by atoms with Crippen molar-refractivity contribution in [1.82, 2.24) is 0 Å². The molecule has 2 nitrogen and oxygen atoms in total. The SMILES string of the molecule is [CH2-][P+](c1ccc(OC)cc1OC)(C1CCCCC1)C1CCCCC1.[Cl][Pd+]. The maximum absolute atomic E-state index is 5.82. The first-order valence-electron chi connectivity index (χ1n) is 9.77. The Morgan fingerprint density at radius 1 is 0.885 bits per heavy atom. The van der Waals surface area contributed by atoms with Crippen LogP contribution in [0.1, 0.15) is 64.2 Å². The van der Waals surface area contributed by atoms with Crippen LogP contribution >= 0.6 is 16.8 Å². The molecule has 0 heterocycles. The average molecular weight is 490 g/mol. The van der Waals surface area contributed by atoms with Crippen molar-refractivity contribution in [2.45, 2.75) is 75.5 Å². The molecule has 2 saturated carbocycles. The summed E-state index contributed by atoms with van der Waals surface area (Å²) in [5.41, 5.74) is 1.58. The molecule has 0 N–H and O–H groups in total. The first-order valence-corrected chi connectivity index (χ1v) is 13.9. The molecule has 0 bridgehead atoms. The fourth-order valence-corrected chi connectivity index (χ4v) is 9.78. The molecule has 0 spiro atoms. The van der Waals surface area contributed by atoms with Crippen molar-refractivity contribution in [3.63, 3.8) is 0 Å². The maximum atomic E-state index is 5.82. The Balaban J connectivity index is 0.00000117. The van der Waals surface area contributed by atoms with E-state index >= 15 is 0 Å². The normalized spacial score (nSPS) is 19.5. The van der Waals surface area contributed by atoms with Crippen molar-refractivity contribution in [1.29, 1.82) is 0 Å². The van der Waals surface area contributed by atoms with E-state index in [4.69, 9.17) is 16.1 Å². The van der Waals surface area contributed by atoms with Crippen LogP contribution < -0.4 is 14.8 Å². The van der Waals surface area contributed by atoms with Gasteiger partial charge in [-0.25, -0.2) is 0 Å². The molecule has 0 aromatic heterocycles. The fourth-order valence-electron chi connectivity index (χ4n) is 4.90. The van der Waals surface area contributed by atoms with E-state index in [1.165, 1.54) is 69.5 Å². The van der Waals surface area contributed by atoms with E-state index in [-0.39, 0.29) is 0 Å². The van der Waals surface area contributed by atoms with Gasteiger partial charge in [-0.3, -0.25) is 0 Å². The van der Waals surface area contributed by atoms with Crippen LogP contribution in [0.4, 0.5) is 0 Å². The molecule has 2 aliphatic rings. The van der Waals surface area contributed by atoms with Gasteiger partial charge in [0.15, 0.2) is 5.75 Å². The Labute approximate surface area is 175 Å². The van der Waals surface area contributed by atoms with Crippen molar-refractivity contribution in [2.75, 3.05) is 14.2 Å². The molecule has 0 radical (unpaired) electrons. The van der Waals surface area contributed by atoms with Crippen LogP contribution in [-0.4, -0.2) is 25.5 Å². The summed E-state index contributed by atoms with van der Waals surface area (Å²) >= 11 is 2.22. The molecule has 1 aromatic carbocycles. The zero-order chi connectivity index (χ0) is 19.0. The molecule has 150 valence electrons. The monoisotopic (exact) mass is 489 g/mol. The average Bonchev–Trinajstić information content (AvgIpc) is 2.75. The molecule has 0 saturated heterocycles. The standard InChI is InChI=1S/C21H33O2P.ClH.Pd/c1-22-17-14-15-21(20(16-17)23-2)24(3,18-10-6-4-7-11-18)19-12-8-5-9-13-19;;/h14-16,18-19H,3-13H2,1-2H3;1H;/q;;+2/p-1. The summed E-state index contributed by atoms with van der Waals surface area (Å²) in [6.45, 7) is 5.04. The first-order chi connectivity index (χ1) is 12.7. The second-order valence-electron chi connectivity index (χ2n) is 7.55. The Kier molecular flexibility index (Phi) is 9.74. The summed E-state index contributed by atoms with van der Waals surface area (Å²) < 4.78 is 11.3. The van der Waals surface area contributed by atoms with Gasteiger partial charge in [0.25, 0.3) is 0 Å². The van der Waals surface area contributed by atoms with E-state index < -0.39 is 7.26 Å². The van der Waals surface area contributed by atoms with E-state index in [0.717, 1.165) is 22.8 Å². The molecule has 0 unspecified atom stereocenters. The zero-order valence-electron chi connectivity index (χ0n) is 16.1. The second-order valence-corrected chi connectivity index (χ2v) is 11.4. The molecular formula is C21H33ClO2PPd+. The molecule has 0 aliphatic heterocycles. The predicted molar refractivity (Wildman–Crippen MR) is 111 cm³/mol. The number of ether oxygens (including phenoxy) is 2. The molecule has 1 aromatic rings. The van der Waals surface area contributed by atoms with E-state index in [1.54, 1.807) is 14.2 Å². The Morgan fingerprint density at radius 2 is 1.38 bits per heavy atom. The molecule has 3 rings (SSSR count). The van der Waals surface area contributed by atoms with E-state index in [9.17, 15) is 0 Å². The van der Waals surface area contributed by atoms with E-state index in [2.05, 4.69) is 45.9 Å². The van der Waals surface area contributed by atoms with Gasteiger partial charge in [0.05, 0.1) is 14.2 Å². The van der Waals surface area contributed by atoms with Crippen LogP contribution in [0.2, 0.25) is 0 Å². The summed E-state index contributed by atoms with van der Waals surface area (Å²) in [5, 5.41) is 1.42. The molecule has 2 aliphatic carbocycles. The van der Waals surface area contributed by atoms with Crippen molar-refractivity contribution in [2.24, 2.45) is 0 Å². The van der Waals surface area contributed by atoms with Crippen LogP contribution in [0, 0.1) is 6.66 Å². The third-order valence-electron chi connectivity index (χ3n) is 6.29. The van der Waals surface area contributed by atoms with Crippen molar-refractivity contribution < 1.29 is 27.7 Å². The minimum absolute atomic E-state index is 0.789. The second kappa shape index (κ2) is 11.3. The number of benzene rings is 1.